The fraction of sp³-hybridized carbons (Fsp3) is 0.0476. The molecule has 27 heavy (non-hydrogen) atoms. The highest BCUT2D eigenvalue weighted by Crippen LogP contribution is 2.25. The SMILES string of the molecule is N#CC(=Cc1ccc(-c2cccc(Cl)c2)o1)C(=O)NCc1cccc(F)c1. The third-order valence-electron chi connectivity index (χ3n) is 3.73. The molecule has 3 aromatic rings. The van der Waals surface area contributed by atoms with Gasteiger partial charge in [-0.15, -0.1) is 0 Å². The van der Waals surface area contributed by atoms with Gasteiger partial charge in [0.2, 0.25) is 0 Å². The van der Waals surface area contributed by atoms with Crippen LogP contribution in [-0.4, -0.2) is 5.91 Å². The van der Waals surface area contributed by atoms with Crippen LogP contribution < -0.4 is 5.32 Å². The summed E-state index contributed by atoms with van der Waals surface area (Å²) in [5.41, 5.74) is 1.27. The number of amides is 1. The second kappa shape index (κ2) is 8.35. The van der Waals surface area contributed by atoms with Gasteiger partial charge in [0.15, 0.2) is 0 Å². The van der Waals surface area contributed by atoms with Gasteiger partial charge in [0.05, 0.1) is 0 Å². The largest absolute Gasteiger partial charge is 0.457 e. The van der Waals surface area contributed by atoms with Gasteiger partial charge in [-0.05, 0) is 42.0 Å². The van der Waals surface area contributed by atoms with Gasteiger partial charge in [0, 0.05) is 23.2 Å². The molecular weight excluding hydrogens is 367 g/mol. The predicted molar refractivity (Wildman–Crippen MR) is 101 cm³/mol. The smallest absolute Gasteiger partial charge is 0.262 e. The Morgan fingerprint density at radius 3 is 2.74 bits per heavy atom. The quantitative estimate of drug-likeness (QED) is 0.502. The number of nitrogens with one attached hydrogen (secondary N) is 1. The van der Waals surface area contributed by atoms with Gasteiger partial charge in [0.1, 0.15) is 29.0 Å². The molecule has 0 saturated carbocycles. The van der Waals surface area contributed by atoms with Crippen LogP contribution in [0.3, 0.4) is 0 Å². The normalized spacial score (nSPS) is 11.1. The van der Waals surface area contributed by atoms with Crippen LogP contribution in [0.4, 0.5) is 4.39 Å². The Labute approximate surface area is 160 Å². The number of hydrogen-bond donors (Lipinski definition) is 1. The molecule has 3 rings (SSSR count). The number of nitriles is 1. The average molecular weight is 381 g/mol. The molecule has 2 aromatic carbocycles. The van der Waals surface area contributed by atoms with Crippen molar-refractivity contribution in [2.45, 2.75) is 6.54 Å². The second-order valence-corrected chi connectivity index (χ2v) is 6.13. The molecule has 0 unspecified atom stereocenters. The maximum absolute atomic E-state index is 13.2. The molecule has 0 radical (unpaired) electrons. The van der Waals surface area contributed by atoms with Gasteiger partial charge < -0.3 is 9.73 Å². The van der Waals surface area contributed by atoms with E-state index in [1.54, 1.807) is 42.5 Å². The van der Waals surface area contributed by atoms with Crippen molar-refractivity contribution in [3.05, 3.63) is 88.4 Å². The van der Waals surface area contributed by atoms with Gasteiger partial charge in [-0.25, -0.2) is 4.39 Å². The van der Waals surface area contributed by atoms with E-state index in [1.807, 2.05) is 12.1 Å². The summed E-state index contributed by atoms with van der Waals surface area (Å²) in [6.45, 7) is 0.113. The van der Waals surface area contributed by atoms with Crippen molar-refractivity contribution in [2.75, 3.05) is 0 Å². The highest BCUT2D eigenvalue weighted by molar-refractivity contribution is 6.30. The van der Waals surface area contributed by atoms with Crippen molar-refractivity contribution < 1.29 is 13.6 Å². The van der Waals surface area contributed by atoms with E-state index in [0.717, 1.165) is 5.56 Å². The molecule has 0 spiro atoms. The van der Waals surface area contributed by atoms with E-state index in [1.165, 1.54) is 18.2 Å². The molecule has 1 aromatic heterocycles. The number of hydrogen-bond acceptors (Lipinski definition) is 3. The van der Waals surface area contributed by atoms with Crippen molar-refractivity contribution in [3.8, 4) is 17.4 Å². The first-order valence-corrected chi connectivity index (χ1v) is 8.43. The van der Waals surface area contributed by atoms with Crippen LogP contribution in [0, 0.1) is 17.1 Å². The van der Waals surface area contributed by atoms with E-state index >= 15 is 0 Å². The van der Waals surface area contributed by atoms with Gasteiger partial charge in [-0.3, -0.25) is 4.79 Å². The number of benzene rings is 2. The molecular formula is C21H14ClFN2O2. The summed E-state index contributed by atoms with van der Waals surface area (Å²) in [7, 11) is 0. The zero-order valence-corrected chi connectivity index (χ0v) is 14.8. The molecule has 1 N–H and O–H groups in total. The molecule has 0 bridgehead atoms. The Bertz CT molecular complexity index is 1050. The van der Waals surface area contributed by atoms with E-state index in [0.29, 0.717) is 22.1 Å². The van der Waals surface area contributed by atoms with Crippen LogP contribution in [0.25, 0.3) is 17.4 Å². The molecule has 1 amide bonds. The Hall–Kier alpha value is -3.36. The Morgan fingerprint density at radius 2 is 2.00 bits per heavy atom. The van der Waals surface area contributed by atoms with Crippen molar-refractivity contribution in [2.24, 2.45) is 0 Å². The first-order valence-electron chi connectivity index (χ1n) is 8.05. The highest BCUT2D eigenvalue weighted by Gasteiger charge is 2.11. The molecule has 0 aliphatic carbocycles. The summed E-state index contributed by atoms with van der Waals surface area (Å²) in [5, 5.41) is 12.4. The number of carbonyl (C=O) groups excluding carboxylic acids is 1. The summed E-state index contributed by atoms with van der Waals surface area (Å²) in [6.07, 6.45) is 1.36. The molecule has 6 heteroatoms. The van der Waals surface area contributed by atoms with E-state index in [4.69, 9.17) is 16.0 Å². The van der Waals surface area contributed by atoms with Crippen LogP contribution in [0.2, 0.25) is 5.02 Å². The van der Waals surface area contributed by atoms with Crippen molar-refractivity contribution in [1.29, 1.82) is 5.26 Å². The Morgan fingerprint density at radius 1 is 1.19 bits per heavy atom. The number of furan rings is 1. The third-order valence-corrected chi connectivity index (χ3v) is 3.96. The predicted octanol–water partition coefficient (Wildman–Crippen LogP) is 4.96. The van der Waals surface area contributed by atoms with Gasteiger partial charge in [-0.2, -0.15) is 5.26 Å². The number of nitrogens with zero attached hydrogens (tertiary/aromatic N) is 1. The van der Waals surface area contributed by atoms with Crippen LogP contribution in [-0.2, 0) is 11.3 Å². The third kappa shape index (κ3) is 4.84. The van der Waals surface area contributed by atoms with Gasteiger partial charge in [-0.1, -0.05) is 35.9 Å². The van der Waals surface area contributed by atoms with Crippen molar-refractivity contribution >= 4 is 23.6 Å². The fourth-order valence-electron chi connectivity index (χ4n) is 2.44. The molecule has 134 valence electrons. The maximum atomic E-state index is 13.2. The lowest BCUT2D eigenvalue weighted by Crippen LogP contribution is -2.23. The van der Waals surface area contributed by atoms with Crippen LogP contribution in [0.1, 0.15) is 11.3 Å². The maximum Gasteiger partial charge on any atom is 0.262 e. The molecule has 0 aliphatic rings. The average Bonchev–Trinajstić information content (AvgIpc) is 3.13. The lowest BCUT2D eigenvalue weighted by atomic mass is 10.2. The van der Waals surface area contributed by atoms with E-state index < -0.39 is 5.91 Å². The van der Waals surface area contributed by atoms with Crippen LogP contribution in [0.15, 0.2) is 70.7 Å². The summed E-state index contributed by atoms with van der Waals surface area (Å²) >= 11 is 5.97. The number of carbonyl (C=O) groups is 1. The number of rotatable bonds is 5. The molecule has 0 atom stereocenters. The first-order chi connectivity index (χ1) is 13.0. The minimum absolute atomic E-state index is 0.113. The zero-order valence-electron chi connectivity index (χ0n) is 14.1. The monoisotopic (exact) mass is 380 g/mol. The first kappa shape index (κ1) is 18.4. The fourth-order valence-corrected chi connectivity index (χ4v) is 2.63. The zero-order chi connectivity index (χ0) is 19.2. The molecule has 0 fully saturated rings. The Balaban J connectivity index is 1.72. The second-order valence-electron chi connectivity index (χ2n) is 5.69. The highest BCUT2D eigenvalue weighted by atomic mass is 35.5. The molecule has 0 aliphatic heterocycles. The van der Waals surface area contributed by atoms with Crippen LogP contribution >= 0.6 is 11.6 Å². The topological polar surface area (TPSA) is 66.0 Å². The molecule has 4 nitrogen and oxygen atoms in total. The summed E-state index contributed by atoms with van der Waals surface area (Å²) in [4.78, 5) is 12.2. The number of halogens is 2. The van der Waals surface area contributed by atoms with Gasteiger partial charge >= 0.3 is 0 Å². The minimum atomic E-state index is -0.567. The van der Waals surface area contributed by atoms with Crippen molar-refractivity contribution in [3.63, 3.8) is 0 Å². The molecule has 0 saturated heterocycles. The lowest BCUT2D eigenvalue weighted by molar-refractivity contribution is -0.117. The summed E-state index contributed by atoms with van der Waals surface area (Å²) in [6, 6.07) is 18.3. The van der Waals surface area contributed by atoms with Crippen molar-refractivity contribution in [1.82, 2.24) is 5.32 Å². The van der Waals surface area contributed by atoms with Gasteiger partial charge in [0.25, 0.3) is 5.91 Å². The summed E-state index contributed by atoms with van der Waals surface area (Å²) in [5.74, 6) is -0.0203. The molecule has 1 heterocycles. The minimum Gasteiger partial charge on any atom is -0.457 e. The van der Waals surface area contributed by atoms with Crippen LogP contribution in [0.5, 0.6) is 0 Å². The summed E-state index contributed by atoms with van der Waals surface area (Å²) < 4.78 is 18.8. The van der Waals surface area contributed by atoms with E-state index in [2.05, 4.69) is 5.32 Å². The van der Waals surface area contributed by atoms with E-state index in [-0.39, 0.29) is 17.9 Å². The lowest BCUT2D eigenvalue weighted by Gasteiger charge is -2.04. The standard InChI is InChI=1S/C21H14ClFN2O2/c22-17-5-2-4-15(10-17)20-8-7-19(27-20)11-16(12-24)21(26)25-13-14-3-1-6-18(23)9-14/h1-11H,13H2,(H,25,26). The van der Waals surface area contributed by atoms with E-state index in [9.17, 15) is 14.4 Å². The Kier molecular flexibility index (Phi) is 5.70.